The third kappa shape index (κ3) is 5.23. The number of nitrogens with zero attached hydrogens (tertiary/aromatic N) is 4. The molecule has 3 heterocycles. The SMILES string of the molecule is c1ccc(-c2cc(-c3ccccc3)nc(-c3ccc(-c4cccc(-n5c6ccccc6c6c7c8ccccc8n(-c8ccccc8)c7ccc65)c4)cc3)n2)cc1. The molecule has 11 aromatic rings. The van der Waals surface area contributed by atoms with Crippen LogP contribution >= 0.6 is 0 Å². The van der Waals surface area contributed by atoms with Crippen molar-refractivity contribution in [2.75, 3.05) is 0 Å². The van der Waals surface area contributed by atoms with Gasteiger partial charge < -0.3 is 9.13 Å². The summed E-state index contributed by atoms with van der Waals surface area (Å²) in [5, 5.41) is 5.04. The Morgan fingerprint density at radius 3 is 1.30 bits per heavy atom. The van der Waals surface area contributed by atoms with Crippen LogP contribution < -0.4 is 0 Å². The molecule has 0 amide bonds. The fourth-order valence-electron chi connectivity index (χ4n) is 8.38. The van der Waals surface area contributed by atoms with Crippen molar-refractivity contribution in [1.82, 2.24) is 19.1 Å². The summed E-state index contributed by atoms with van der Waals surface area (Å²) in [4.78, 5) is 10.1. The van der Waals surface area contributed by atoms with Gasteiger partial charge in [0.15, 0.2) is 5.82 Å². The van der Waals surface area contributed by atoms with Gasteiger partial charge >= 0.3 is 0 Å². The Bertz CT molecular complexity index is 3160. The lowest BCUT2D eigenvalue weighted by molar-refractivity contribution is 1.17. The molecule has 0 saturated heterocycles. The Morgan fingerprint density at radius 2 is 0.732 bits per heavy atom. The van der Waals surface area contributed by atoms with E-state index < -0.39 is 0 Å². The third-order valence-electron chi connectivity index (χ3n) is 10.9. The standard InChI is InChI=1S/C52H34N4/c1-4-15-36(16-5-1)44-34-45(37-17-6-2-7-18-37)54-52(53-44)38-29-27-35(28-30-38)39-19-14-22-41(33-39)56-47-26-13-11-24-43(47)51-49(56)32-31-48-50(51)42-23-10-12-25-46(42)55(48)40-20-8-3-9-21-40/h1-34H. The zero-order valence-corrected chi connectivity index (χ0v) is 30.4. The molecule has 0 unspecified atom stereocenters. The Kier molecular flexibility index (Phi) is 7.46. The van der Waals surface area contributed by atoms with E-state index in [1.165, 1.54) is 43.6 Å². The molecule has 3 aromatic heterocycles. The highest BCUT2D eigenvalue weighted by Crippen LogP contribution is 2.42. The molecule has 0 radical (unpaired) electrons. The van der Waals surface area contributed by atoms with Crippen LogP contribution in [0, 0.1) is 0 Å². The predicted octanol–water partition coefficient (Wildman–Crippen LogP) is 13.3. The summed E-state index contributed by atoms with van der Waals surface area (Å²) in [5.74, 6) is 0.704. The van der Waals surface area contributed by atoms with Crippen LogP contribution in [0.3, 0.4) is 0 Å². The van der Waals surface area contributed by atoms with Gasteiger partial charge in [-0.1, -0.05) is 152 Å². The molecular formula is C52H34N4. The number of aromatic nitrogens is 4. The molecule has 262 valence electrons. The first kappa shape index (κ1) is 31.9. The van der Waals surface area contributed by atoms with E-state index in [4.69, 9.17) is 9.97 Å². The van der Waals surface area contributed by atoms with Crippen LogP contribution in [0.2, 0.25) is 0 Å². The average molecular weight is 715 g/mol. The maximum atomic E-state index is 5.05. The summed E-state index contributed by atoms with van der Waals surface area (Å²) < 4.78 is 4.82. The third-order valence-corrected chi connectivity index (χ3v) is 10.9. The van der Waals surface area contributed by atoms with Crippen LogP contribution in [0.1, 0.15) is 0 Å². The van der Waals surface area contributed by atoms with Gasteiger partial charge in [-0.15, -0.1) is 0 Å². The van der Waals surface area contributed by atoms with Gasteiger partial charge in [0.1, 0.15) is 0 Å². The molecule has 0 aliphatic rings. The summed E-state index contributed by atoms with van der Waals surface area (Å²) in [6.07, 6.45) is 0. The van der Waals surface area contributed by atoms with E-state index >= 15 is 0 Å². The van der Waals surface area contributed by atoms with Gasteiger partial charge in [0, 0.05) is 49.6 Å². The smallest absolute Gasteiger partial charge is 0.160 e. The van der Waals surface area contributed by atoms with Gasteiger partial charge in [0.2, 0.25) is 0 Å². The van der Waals surface area contributed by atoms with E-state index in [2.05, 4.69) is 179 Å². The van der Waals surface area contributed by atoms with E-state index in [1.54, 1.807) is 0 Å². The van der Waals surface area contributed by atoms with Crippen molar-refractivity contribution in [2.24, 2.45) is 0 Å². The molecule has 0 saturated carbocycles. The highest BCUT2D eigenvalue weighted by molar-refractivity contribution is 6.28. The van der Waals surface area contributed by atoms with E-state index in [0.717, 1.165) is 50.6 Å². The van der Waals surface area contributed by atoms with Crippen molar-refractivity contribution in [1.29, 1.82) is 0 Å². The minimum atomic E-state index is 0.704. The first-order valence-electron chi connectivity index (χ1n) is 19.0. The van der Waals surface area contributed by atoms with Crippen LogP contribution in [0.4, 0.5) is 0 Å². The van der Waals surface area contributed by atoms with Gasteiger partial charge in [0.05, 0.1) is 33.5 Å². The fraction of sp³-hybridized carbons (Fsp3) is 0. The van der Waals surface area contributed by atoms with Gasteiger partial charge in [-0.25, -0.2) is 9.97 Å². The van der Waals surface area contributed by atoms with Crippen LogP contribution in [-0.2, 0) is 0 Å². The lowest BCUT2D eigenvalue weighted by atomic mass is 10.0. The summed E-state index contributed by atoms with van der Waals surface area (Å²) >= 11 is 0. The molecule has 0 fully saturated rings. The van der Waals surface area contributed by atoms with E-state index in [1.807, 2.05) is 36.4 Å². The van der Waals surface area contributed by atoms with Crippen LogP contribution in [0.25, 0.3) is 100 Å². The second-order valence-corrected chi connectivity index (χ2v) is 14.2. The Labute approximate surface area is 324 Å². The molecule has 0 spiro atoms. The molecule has 0 bridgehead atoms. The first-order chi connectivity index (χ1) is 27.8. The molecule has 56 heavy (non-hydrogen) atoms. The highest BCUT2D eigenvalue weighted by Gasteiger charge is 2.20. The van der Waals surface area contributed by atoms with E-state index in [0.29, 0.717) is 5.82 Å². The van der Waals surface area contributed by atoms with E-state index in [9.17, 15) is 0 Å². The Balaban J connectivity index is 1.03. The van der Waals surface area contributed by atoms with Gasteiger partial charge in [-0.2, -0.15) is 0 Å². The number of para-hydroxylation sites is 3. The predicted molar refractivity (Wildman–Crippen MR) is 232 cm³/mol. The quantitative estimate of drug-likeness (QED) is 0.172. The maximum absolute atomic E-state index is 5.05. The molecule has 0 aliphatic carbocycles. The minimum absolute atomic E-state index is 0.704. The lowest BCUT2D eigenvalue weighted by Gasteiger charge is -2.12. The second kappa shape index (κ2) is 13.1. The van der Waals surface area contributed by atoms with Crippen molar-refractivity contribution in [3.63, 3.8) is 0 Å². The van der Waals surface area contributed by atoms with Crippen molar-refractivity contribution in [2.45, 2.75) is 0 Å². The number of hydrogen-bond donors (Lipinski definition) is 0. The first-order valence-corrected chi connectivity index (χ1v) is 19.0. The molecule has 4 heteroatoms. The van der Waals surface area contributed by atoms with Crippen LogP contribution in [0.15, 0.2) is 206 Å². The maximum Gasteiger partial charge on any atom is 0.160 e. The summed E-state index contributed by atoms with van der Waals surface area (Å²) in [7, 11) is 0. The molecule has 11 rings (SSSR count). The molecule has 0 N–H and O–H groups in total. The topological polar surface area (TPSA) is 35.6 Å². The number of rotatable bonds is 6. The second-order valence-electron chi connectivity index (χ2n) is 14.2. The number of fused-ring (bicyclic) bond motifs is 7. The number of hydrogen-bond acceptors (Lipinski definition) is 2. The molecular weight excluding hydrogens is 681 g/mol. The Hall–Kier alpha value is -7.56. The minimum Gasteiger partial charge on any atom is -0.309 e. The van der Waals surface area contributed by atoms with Crippen molar-refractivity contribution in [3.8, 4) is 56.4 Å². The van der Waals surface area contributed by atoms with Crippen LogP contribution in [-0.4, -0.2) is 19.1 Å². The normalized spacial score (nSPS) is 11.6. The fourth-order valence-corrected chi connectivity index (χ4v) is 8.38. The lowest BCUT2D eigenvalue weighted by Crippen LogP contribution is -1.96. The van der Waals surface area contributed by atoms with Crippen molar-refractivity contribution in [3.05, 3.63) is 206 Å². The largest absolute Gasteiger partial charge is 0.309 e. The molecule has 0 atom stereocenters. The molecule has 8 aromatic carbocycles. The van der Waals surface area contributed by atoms with Gasteiger partial charge in [-0.05, 0) is 65.7 Å². The zero-order chi connectivity index (χ0) is 37.0. The van der Waals surface area contributed by atoms with Gasteiger partial charge in [-0.3, -0.25) is 0 Å². The summed E-state index contributed by atoms with van der Waals surface area (Å²) in [5.41, 5.74) is 14.2. The molecule has 4 nitrogen and oxygen atoms in total. The zero-order valence-electron chi connectivity index (χ0n) is 30.4. The summed E-state index contributed by atoms with van der Waals surface area (Å²) in [6.45, 7) is 0. The average Bonchev–Trinajstić information content (AvgIpc) is 3.80. The van der Waals surface area contributed by atoms with Crippen molar-refractivity contribution >= 4 is 43.6 Å². The van der Waals surface area contributed by atoms with Crippen LogP contribution in [0.5, 0.6) is 0 Å². The summed E-state index contributed by atoms with van der Waals surface area (Å²) in [6, 6.07) is 73.1. The van der Waals surface area contributed by atoms with E-state index in [-0.39, 0.29) is 0 Å². The highest BCUT2D eigenvalue weighted by atomic mass is 15.0. The number of benzene rings is 8. The van der Waals surface area contributed by atoms with Crippen molar-refractivity contribution < 1.29 is 0 Å². The monoisotopic (exact) mass is 714 g/mol. The molecule has 0 aliphatic heterocycles. The Morgan fingerprint density at radius 1 is 0.286 bits per heavy atom. The van der Waals surface area contributed by atoms with Gasteiger partial charge in [0.25, 0.3) is 0 Å².